The van der Waals surface area contributed by atoms with Crippen LogP contribution in [-0.2, 0) is 16.1 Å². The van der Waals surface area contributed by atoms with E-state index in [1.54, 1.807) is 6.08 Å². The number of aliphatic carboxylic acids is 1. The Kier molecular flexibility index (Phi) is 6.94. The SMILES string of the molecule is CN(Cc1ccccc1)[C@H]1C=CC(=O)[C@@H]1C/C=C\CCCC(=O)O. The van der Waals surface area contributed by atoms with E-state index in [1.165, 1.54) is 5.56 Å². The fraction of sp³-hybridized carbons (Fsp3) is 0.400. The van der Waals surface area contributed by atoms with Crippen molar-refractivity contribution in [3.8, 4) is 0 Å². The molecule has 0 amide bonds. The third-order valence-electron chi connectivity index (χ3n) is 4.34. The number of carboxylic acids is 1. The topological polar surface area (TPSA) is 57.6 Å². The quantitative estimate of drug-likeness (QED) is 0.557. The van der Waals surface area contributed by atoms with Crippen molar-refractivity contribution in [2.24, 2.45) is 5.92 Å². The number of hydrogen-bond donors (Lipinski definition) is 1. The van der Waals surface area contributed by atoms with E-state index in [-0.39, 0.29) is 24.2 Å². The van der Waals surface area contributed by atoms with Gasteiger partial charge in [0.2, 0.25) is 0 Å². The molecule has 0 heterocycles. The van der Waals surface area contributed by atoms with E-state index in [4.69, 9.17) is 5.11 Å². The van der Waals surface area contributed by atoms with Gasteiger partial charge >= 0.3 is 5.97 Å². The zero-order chi connectivity index (χ0) is 17.4. The molecule has 0 aromatic heterocycles. The number of unbranched alkanes of at least 4 members (excludes halogenated alkanes) is 1. The number of hydrogen-bond acceptors (Lipinski definition) is 3. The summed E-state index contributed by atoms with van der Waals surface area (Å²) in [5.74, 6) is -0.634. The first-order valence-corrected chi connectivity index (χ1v) is 8.41. The average Bonchev–Trinajstić information content (AvgIpc) is 2.92. The summed E-state index contributed by atoms with van der Waals surface area (Å²) in [5.41, 5.74) is 1.23. The number of rotatable bonds is 9. The zero-order valence-corrected chi connectivity index (χ0v) is 14.1. The fourth-order valence-electron chi connectivity index (χ4n) is 3.04. The van der Waals surface area contributed by atoms with Gasteiger partial charge in [-0.1, -0.05) is 48.6 Å². The van der Waals surface area contributed by atoms with E-state index in [0.717, 1.165) is 13.0 Å². The number of nitrogens with zero attached hydrogens (tertiary/aromatic N) is 1. The summed E-state index contributed by atoms with van der Waals surface area (Å²) in [6, 6.07) is 10.3. The highest BCUT2D eigenvalue weighted by molar-refractivity contribution is 5.95. The molecule has 4 heteroatoms. The summed E-state index contributed by atoms with van der Waals surface area (Å²) in [6.07, 6.45) is 9.96. The molecule has 2 atom stereocenters. The highest BCUT2D eigenvalue weighted by atomic mass is 16.4. The minimum Gasteiger partial charge on any atom is -0.481 e. The Hall–Kier alpha value is -2.20. The third kappa shape index (κ3) is 5.46. The van der Waals surface area contributed by atoms with Crippen LogP contribution in [0.2, 0.25) is 0 Å². The summed E-state index contributed by atoms with van der Waals surface area (Å²) in [6.45, 7) is 0.807. The molecule has 0 fully saturated rings. The molecule has 1 N–H and O–H groups in total. The van der Waals surface area contributed by atoms with Gasteiger partial charge in [0.25, 0.3) is 0 Å². The first-order valence-electron chi connectivity index (χ1n) is 8.41. The van der Waals surface area contributed by atoms with E-state index in [9.17, 15) is 9.59 Å². The molecule has 0 bridgehead atoms. The van der Waals surface area contributed by atoms with Gasteiger partial charge in [0.1, 0.15) is 0 Å². The standard InChI is InChI=1S/C20H25NO3/c1-21(15-16-9-5-4-6-10-16)18-13-14-19(22)17(18)11-7-2-3-8-12-20(23)24/h2,4-7,9-10,13-14,17-18H,3,8,11-12,15H2,1H3,(H,23,24)/b7-2-/t17-,18+/m1/s1. The molecule has 0 saturated carbocycles. The number of likely N-dealkylation sites (N-methyl/N-ethyl adjacent to an activating group) is 1. The minimum absolute atomic E-state index is 0.0468. The Morgan fingerprint density at radius 3 is 2.71 bits per heavy atom. The molecule has 0 saturated heterocycles. The summed E-state index contributed by atoms with van der Waals surface area (Å²) >= 11 is 0. The summed E-state index contributed by atoms with van der Waals surface area (Å²) < 4.78 is 0. The predicted octanol–water partition coefficient (Wildman–Crippen LogP) is 3.44. The molecule has 1 aromatic rings. The normalized spacial score (nSPS) is 20.3. The van der Waals surface area contributed by atoms with Gasteiger partial charge in [-0.3, -0.25) is 14.5 Å². The first kappa shape index (κ1) is 18.1. The van der Waals surface area contributed by atoms with Crippen LogP contribution < -0.4 is 0 Å². The van der Waals surface area contributed by atoms with Crippen LogP contribution in [0.1, 0.15) is 31.2 Å². The summed E-state index contributed by atoms with van der Waals surface area (Å²) in [7, 11) is 2.05. The van der Waals surface area contributed by atoms with Crippen molar-refractivity contribution in [1.29, 1.82) is 0 Å². The molecule has 0 radical (unpaired) electrons. The maximum absolute atomic E-state index is 12.1. The van der Waals surface area contributed by atoms with Crippen LogP contribution in [0.5, 0.6) is 0 Å². The third-order valence-corrected chi connectivity index (χ3v) is 4.34. The second-order valence-corrected chi connectivity index (χ2v) is 6.25. The van der Waals surface area contributed by atoms with E-state index < -0.39 is 5.97 Å². The van der Waals surface area contributed by atoms with E-state index in [2.05, 4.69) is 17.0 Å². The summed E-state index contributed by atoms with van der Waals surface area (Å²) in [5, 5.41) is 8.61. The van der Waals surface area contributed by atoms with Crippen molar-refractivity contribution in [3.63, 3.8) is 0 Å². The number of carboxylic acid groups (broad SMARTS) is 1. The number of benzene rings is 1. The Morgan fingerprint density at radius 2 is 2.00 bits per heavy atom. The highest BCUT2D eigenvalue weighted by Gasteiger charge is 2.31. The van der Waals surface area contributed by atoms with Gasteiger partial charge in [-0.2, -0.15) is 0 Å². The van der Waals surface area contributed by atoms with Crippen LogP contribution in [0.4, 0.5) is 0 Å². The van der Waals surface area contributed by atoms with Gasteiger partial charge in [0.15, 0.2) is 5.78 Å². The second kappa shape index (κ2) is 9.18. The van der Waals surface area contributed by atoms with Crippen molar-refractivity contribution < 1.29 is 14.7 Å². The van der Waals surface area contributed by atoms with Gasteiger partial charge in [-0.15, -0.1) is 0 Å². The van der Waals surface area contributed by atoms with Crippen molar-refractivity contribution in [2.45, 2.75) is 38.3 Å². The monoisotopic (exact) mass is 327 g/mol. The van der Waals surface area contributed by atoms with Crippen LogP contribution in [0.15, 0.2) is 54.6 Å². The smallest absolute Gasteiger partial charge is 0.303 e. The molecule has 0 aliphatic heterocycles. The Morgan fingerprint density at radius 1 is 1.25 bits per heavy atom. The van der Waals surface area contributed by atoms with Crippen molar-refractivity contribution in [3.05, 3.63) is 60.2 Å². The zero-order valence-electron chi connectivity index (χ0n) is 14.1. The second-order valence-electron chi connectivity index (χ2n) is 6.25. The largest absolute Gasteiger partial charge is 0.481 e. The minimum atomic E-state index is -0.763. The van der Waals surface area contributed by atoms with Crippen LogP contribution in [-0.4, -0.2) is 34.8 Å². The van der Waals surface area contributed by atoms with Crippen LogP contribution in [0, 0.1) is 5.92 Å². The van der Waals surface area contributed by atoms with Gasteiger partial charge in [0.05, 0.1) is 0 Å². The molecule has 1 aliphatic carbocycles. The van der Waals surface area contributed by atoms with Crippen LogP contribution in [0.3, 0.4) is 0 Å². The lowest BCUT2D eigenvalue weighted by molar-refractivity contribution is -0.137. The van der Waals surface area contributed by atoms with Gasteiger partial charge in [-0.05, 0) is 37.9 Å². The average molecular weight is 327 g/mol. The Labute approximate surface area is 143 Å². The van der Waals surface area contributed by atoms with E-state index in [1.807, 2.05) is 43.5 Å². The first-order chi connectivity index (χ1) is 11.6. The van der Waals surface area contributed by atoms with Gasteiger partial charge in [0, 0.05) is 24.9 Å². The molecular weight excluding hydrogens is 302 g/mol. The number of carbonyl (C=O) groups excluding carboxylic acids is 1. The van der Waals surface area contributed by atoms with E-state index >= 15 is 0 Å². The molecular formula is C20H25NO3. The molecule has 128 valence electrons. The fourth-order valence-corrected chi connectivity index (χ4v) is 3.04. The Bertz CT molecular complexity index is 607. The molecule has 2 rings (SSSR count). The molecule has 4 nitrogen and oxygen atoms in total. The highest BCUT2D eigenvalue weighted by Crippen LogP contribution is 2.25. The van der Waals surface area contributed by atoms with Crippen molar-refractivity contribution >= 4 is 11.8 Å². The van der Waals surface area contributed by atoms with Gasteiger partial charge < -0.3 is 5.11 Å². The number of carbonyl (C=O) groups is 2. The van der Waals surface area contributed by atoms with Crippen molar-refractivity contribution in [2.75, 3.05) is 7.05 Å². The lowest BCUT2D eigenvalue weighted by Gasteiger charge is -2.27. The molecule has 24 heavy (non-hydrogen) atoms. The molecule has 0 spiro atoms. The van der Waals surface area contributed by atoms with E-state index in [0.29, 0.717) is 12.8 Å². The van der Waals surface area contributed by atoms with Crippen LogP contribution >= 0.6 is 0 Å². The maximum atomic E-state index is 12.1. The number of ketones is 1. The molecule has 1 aromatic carbocycles. The summed E-state index contributed by atoms with van der Waals surface area (Å²) in [4.78, 5) is 24.8. The van der Waals surface area contributed by atoms with Crippen molar-refractivity contribution in [1.82, 2.24) is 4.90 Å². The molecule has 0 unspecified atom stereocenters. The lowest BCUT2D eigenvalue weighted by Crippen LogP contribution is -2.36. The molecule has 1 aliphatic rings. The Balaban J connectivity index is 1.85. The van der Waals surface area contributed by atoms with Gasteiger partial charge in [-0.25, -0.2) is 0 Å². The van der Waals surface area contributed by atoms with Crippen LogP contribution in [0.25, 0.3) is 0 Å². The lowest BCUT2D eigenvalue weighted by atomic mass is 9.95. The maximum Gasteiger partial charge on any atom is 0.303 e. The number of allylic oxidation sites excluding steroid dienone is 3. The predicted molar refractivity (Wildman–Crippen MR) is 94.6 cm³/mol.